The Morgan fingerprint density at radius 3 is 3.00 bits per heavy atom. The van der Waals surface area contributed by atoms with Gasteiger partial charge in [0.15, 0.2) is 0 Å². The summed E-state index contributed by atoms with van der Waals surface area (Å²) in [6.45, 7) is 7.02. The summed E-state index contributed by atoms with van der Waals surface area (Å²) in [5.41, 5.74) is 3.41. The first-order chi connectivity index (χ1) is 8.11. The fourth-order valence-electron chi connectivity index (χ4n) is 2.41. The molecule has 4 nitrogen and oxygen atoms in total. The van der Waals surface area contributed by atoms with Crippen LogP contribution in [0.4, 0.5) is 0 Å². The van der Waals surface area contributed by atoms with Crippen molar-refractivity contribution in [2.45, 2.75) is 33.2 Å². The van der Waals surface area contributed by atoms with Crippen molar-refractivity contribution < 1.29 is 9.90 Å². The molecule has 1 aromatic rings. The molecule has 2 rings (SSSR count). The zero-order valence-corrected chi connectivity index (χ0v) is 10.4. The van der Waals surface area contributed by atoms with E-state index >= 15 is 0 Å². The maximum Gasteiger partial charge on any atom is 0.354 e. The summed E-state index contributed by atoms with van der Waals surface area (Å²) in [7, 11) is 0. The van der Waals surface area contributed by atoms with Gasteiger partial charge in [-0.1, -0.05) is 6.92 Å². The van der Waals surface area contributed by atoms with Crippen molar-refractivity contribution in [1.82, 2.24) is 9.88 Å². The molecule has 92 valence electrons. The Bertz CT molecular complexity index is 443. The summed E-state index contributed by atoms with van der Waals surface area (Å²) < 4.78 is 0. The Morgan fingerprint density at radius 2 is 2.35 bits per heavy atom. The van der Waals surface area contributed by atoms with Crippen molar-refractivity contribution in [3.05, 3.63) is 28.6 Å². The summed E-state index contributed by atoms with van der Waals surface area (Å²) in [6.07, 6.45) is 2.10. The highest BCUT2D eigenvalue weighted by Crippen LogP contribution is 2.21. The van der Waals surface area contributed by atoms with E-state index in [0.29, 0.717) is 0 Å². The van der Waals surface area contributed by atoms with E-state index in [0.717, 1.165) is 43.7 Å². The van der Waals surface area contributed by atoms with Gasteiger partial charge in [0, 0.05) is 13.1 Å². The number of hydrogen-bond acceptors (Lipinski definition) is 3. The van der Waals surface area contributed by atoms with Gasteiger partial charge in [0.1, 0.15) is 5.69 Å². The number of carboxylic acid groups (broad SMARTS) is 1. The van der Waals surface area contributed by atoms with Crippen molar-refractivity contribution in [2.75, 3.05) is 13.1 Å². The molecule has 0 atom stereocenters. The van der Waals surface area contributed by atoms with Crippen LogP contribution in [0.5, 0.6) is 0 Å². The van der Waals surface area contributed by atoms with Gasteiger partial charge in [0.2, 0.25) is 0 Å². The second-order valence-corrected chi connectivity index (χ2v) is 4.58. The molecular weight excluding hydrogens is 216 g/mol. The molecule has 0 unspecified atom stereocenters. The Labute approximate surface area is 101 Å². The Hall–Kier alpha value is -1.42. The SMILES string of the molecule is CCCN1CCc2c(C)cc(C(=O)O)nc2C1. The van der Waals surface area contributed by atoms with E-state index in [4.69, 9.17) is 5.11 Å². The van der Waals surface area contributed by atoms with Gasteiger partial charge in [-0.25, -0.2) is 9.78 Å². The maximum absolute atomic E-state index is 11.0. The third kappa shape index (κ3) is 2.47. The van der Waals surface area contributed by atoms with Crippen LogP contribution in [0.2, 0.25) is 0 Å². The highest BCUT2D eigenvalue weighted by Gasteiger charge is 2.20. The van der Waals surface area contributed by atoms with Crippen LogP contribution >= 0.6 is 0 Å². The topological polar surface area (TPSA) is 53.4 Å². The molecule has 0 radical (unpaired) electrons. The number of carboxylic acids is 1. The molecule has 0 saturated carbocycles. The second kappa shape index (κ2) is 4.84. The van der Waals surface area contributed by atoms with Gasteiger partial charge in [0.05, 0.1) is 5.69 Å². The molecule has 2 heterocycles. The van der Waals surface area contributed by atoms with E-state index in [2.05, 4.69) is 16.8 Å². The molecule has 0 spiro atoms. The predicted octanol–water partition coefficient (Wildman–Crippen LogP) is 1.86. The van der Waals surface area contributed by atoms with Crippen LogP contribution in [0, 0.1) is 6.92 Å². The first-order valence-corrected chi connectivity index (χ1v) is 6.07. The average Bonchev–Trinajstić information content (AvgIpc) is 2.28. The number of rotatable bonds is 3. The number of fused-ring (bicyclic) bond motifs is 1. The summed E-state index contributed by atoms with van der Waals surface area (Å²) in [4.78, 5) is 17.6. The van der Waals surface area contributed by atoms with Gasteiger partial charge in [-0.2, -0.15) is 0 Å². The molecule has 4 heteroatoms. The molecule has 17 heavy (non-hydrogen) atoms. The monoisotopic (exact) mass is 234 g/mol. The predicted molar refractivity (Wildman–Crippen MR) is 65.2 cm³/mol. The standard InChI is InChI=1S/C13H18N2O2/c1-3-5-15-6-4-10-9(2)7-11(13(16)17)14-12(10)8-15/h7H,3-6,8H2,1-2H3,(H,16,17). The molecule has 1 N–H and O–H groups in total. The van der Waals surface area contributed by atoms with Crippen LogP contribution in [0.25, 0.3) is 0 Å². The molecule has 0 fully saturated rings. The highest BCUT2D eigenvalue weighted by atomic mass is 16.4. The molecule has 1 aromatic heterocycles. The van der Waals surface area contributed by atoms with Crippen molar-refractivity contribution in [2.24, 2.45) is 0 Å². The van der Waals surface area contributed by atoms with Gasteiger partial charge >= 0.3 is 5.97 Å². The Morgan fingerprint density at radius 1 is 1.59 bits per heavy atom. The maximum atomic E-state index is 11.0. The van der Waals surface area contributed by atoms with Gasteiger partial charge in [-0.15, -0.1) is 0 Å². The number of aryl methyl sites for hydroxylation is 1. The molecule has 1 aliphatic rings. The summed E-state index contributed by atoms with van der Waals surface area (Å²) in [5, 5.41) is 9.00. The highest BCUT2D eigenvalue weighted by molar-refractivity contribution is 5.85. The normalized spacial score (nSPS) is 15.6. The molecular formula is C13H18N2O2. The van der Waals surface area contributed by atoms with Crippen LogP contribution in [-0.2, 0) is 13.0 Å². The quantitative estimate of drug-likeness (QED) is 0.867. The van der Waals surface area contributed by atoms with Crippen LogP contribution in [0.3, 0.4) is 0 Å². The summed E-state index contributed by atoms with van der Waals surface area (Å²) in [5.74, 6) is -0.941. The lowest BCUT2D eigenvalue weighted by atomic mass is 9.99. The lowest BCUT2D eigenvalue weighted by Crippen LogP contribution is -2.32. The van der Waals surface area contributed by atoms with E-state index < -0.39 is 5.97 Å². The number of aromatic carboxylic acids is 1. The zero-order valence-electron chi connectivity index (χ0n) is 10.4. The van der Waals surface area contributed by atoms with Crippen molar-refractivity contribution in [3.8, 4) is 0 Å². The minimum Gasteiger partial charge on any atom is -0.477 e. The fraction of sp³-hybridized carbons (Fsp3) is 0.538. The van der Waals surface area contributed by atoms with E-state index in [1.807, 2.05) is 6.92 Å². The summed E-state index contributed by atoms with van der Waals surface area (Å²) >= 11 is 0. The average molecular weight is 234 g/mol. The van der Waals surface area contributed by atoms with Crippen LogP contribution < -0.4 is 0 Å². The molecule has 0 aliphatic carbocycles. The van der Waals surface area contributed by atoms with Crippen LogP contribution in [-0.4, -0.2) is 34.0 Å². The number of carbonyl (C=O) groups is 1. The van der Waals surface area contributed by atoms with Gasteiger partial charge in [-0.3, -0.25) is 4.90 Å². The largest absolute Gasteiger partial charge is 0.477 e. The van der Waals surface area contributed by atoms with E-state index in [1.165, 1.54) is 5.56 Å². The first-order valence-electron chi connectivity index (χ1n) is 6.07. The fourth-order valence-corrected chi connectivity index (χ4v) is 2.41. The number of aromatic nitrogens is 1. The van der Waals surface area contributed by atoms with Gasteiger partial charge in [0.25, 0.3) is 0 Å². The molecule has 0 bridgehead atoms. The van der Waals surface area contributed by atoms with E-state index in [-0.39, 0.29) is 5.69 Å². The van der Waals surface area contributed by atoms with Crippen LogP contribution in [0.1, 0.15) is 40.7 Å². The lowest BCUT2D eigenvalue weighted by Gasteiger charge is -2.28. The van der Waals surface area contributed by atoms with Gasteiger partial charge < -0.3 is 5.11 Å². The zero-order chi connectivity index (χ0) is 12.4. The lowest BCUT2D eigenvalue weighted by molar-refractivity contribution is 0.0689. The Kier molecular flexibility index (Phi) is 3.43. The minimum atomic E-state index is -0.941. The van der Waals surface area contributed by atoms with E-state index in [1.54, 1.807) is 6.07 Å². The van der Waals surface area contributed by atoms with Crippen molar-refractivity contribution >= 4 is 5.97 Å². The molecule has 0 saturated heterocycles. The van der Waals surface area contributed by atoms with E-state index in [9.17, 15) is 4.79 Å². The smallest absolute Gasteiger partial charge is 0.354 e. The van der Waals surface area contributed by atoms with Crippen molar-refractivity contribution in [3.63, 3.8) is 0 Å². The molecule has 0 amide bonds. The Balaban J connectivity index is 2.32. The van der Waals surface area contributed by atoms with Crippen molar-refractivity contribution in [1.29, 1.82) is 0 Å². The number of hydrogen-bond donors (Lipinski definition) is 1. The second-order valence-electron chi connectivity index (χ2n) is 4.58. The third-order valence-electron chi connectivity index (χ3n) is 3.24. The third-order valence-corrected chi connectivity index (χ3v) is 3.24. The van der Waals surface area contributed by atoms with Crippen LogP contribution in [0.15, 0.2) is 6.07 Å². The summed E-state index contributed by atoms with van der Waals surface area (Å²) in [6, 6.07) is 1.68. The minimum absolute atomic E-state index is 0.166. The molecule has 0 aromatic carbocycles. The molecule has 1 aliphatic heterocycles. The van der Waals surface area contributed by atoms with Gasteiger partial charge in [-0.05, 0) is 43.5 Å². The first kappa shape index (κ1) is 12.0. The number of pyridine rings is 1. The number of nitrogens with zero attached hydrogens (tertiary/aromatic N) is 2.